The van der Waals surface area contributed by atoms with Crippen LogP contribution in [0.3, 0.4) is 0 Å². The van der Waals surface area contributed by atoms with Crippen molar-refractivity contribution in [1.29, 1.82) is 0 Å². The van der Waals surface area contributed by atoms with Crippen LogP contribution in [-0.2, 0) is 6.42 Å². The summed E-state index contributed by atoms with van der Waals surface area (Å²) in [5.41, 5.74) is 1.13. The van der Waals surface area contributed by atoms with E-state index in [1.165, 1.54) is 0 Å². The van der Waals surface area contributed by atoms with Crippen molar-refractivity contribution >= 4 is 11.8 Å². The van der Waals surface area contributed by atoms with Gasteiger partial charge in [-0.1, -0.05) is 30.8 Å². The Hall–Kier alpha value is -1.49. The minimum atomic E-state index is 0.635. The highest BCUT2D eigenvalue weighted by Crippen LogP contribution is 2.18. The van der Waals surface area contributed by atoms with Crippen molar-refractivity contribution in [2.75, 3.05) is 12.9 Å². The molecular weight excluding hydrogens is 236 g/mol. The Balaban J connectivity index is 2.03. The molecule has 0 radical (unpaired) electrons. The lowest BCUT2D eigenvalue weighted by Gasteiger charge is -2.00. The summed E-state index contributed by atoms with van der Waals surface area (Å²) >= 11 is 1.55. The summed E-state index contributed by atoms with van der Waals surface area (Å²) in [7, 11) is 1.65. The third kappa shape index (κ3) is 3.23. The molecule has 90 valence electrons. The number of thioether (sulfide) groups is 1. The first-order valence-electron chi connectivity index (χ1n) is 5.40. The molecule has 0 amide bonds. The van der Waals surface area contributed by atoms with Gasteiger partial charge in [-0.05, 0) is 23.4 Å². The lowest BCUT2D eigenvalue weighted by atomic mass is 10.1. The fraction of sp³-hybridized carbons (Fsp3) is 0.333. The van der Waals surface area contributed by atoms with Gasteiger partial charge in [-0.25, -0.2) is 0 Å². The Kier molecular flexibility index (Phi) is 4.03. The SMILES string of the molecule is CCSc1nnc(Cc2ccc(OC)cc2)o1. The van der Waals surface area contributed by atoms with Gasteiger partial charge in [0.1, 0.15) is 5.75 Å². The van der Waals surface area contributed by atoms with E-state index in [9.17, 15) is 0 Å². The van der Waals surface area contributed by atoms with Crippen LogP contribution in [0.2, 0.25) is 0 Å². The number of hydrogen-bond donors (Lipinski definition) is 0. The fourth-order valence-corrected chi connectivity index (χ4v) is 1.91. The maximum Gasteiger partial charge on any atom is 0.276 e. The van der Waals surface area contributed by atoms with Gasteiger partial charge in [0.2, 0.25) is 5.89 Å². The largest absolute Gasteiger partial charge is 0.497 e. The van der Waals surface area contributed by atoms with E-state index in [0.717, 1.165) is 17.1 Å². The first-order chi connectivity index (χ1) is 8.31. The molecule has 0 N–H and O–H groups in total. The molecular formula is C12H14N2O2S. The summed E-state index contributed by atoms with van der Waals surface area (Å²) in [6, 6.07) is 7.84. The van der Waals surface area contributed by atoms with Crippen LogP contribution in [0.4, 0.5) is 0 Å². The molecule has 0 aliphatic heterocycles. The summed E-state index contributed by atoms with van der Waals surface area (Å²) in [6.07, 6.45) is 0.654. The lowest BCUT2D eigenvalue weighted by molar-refractivity contribution is 0.413. The van der Waals surface area contributed by atoms with Gasteiger partial charge >= 0.3 is 0 Å². The van der Waals surface area contributed by atoms with Crippen molar-refractivity contribution in [3.05, 3.63) is 35.7 Å². The summed E-state index contributed by atoms with van der Waals surface area (Å²) < 4.78 is 10.6. The second kappa shape index (κ2) is 5.72. The van der Waals surface area contributed by atoms with Gasteiger partial charge in [0.25, 0.3) is 5.22 Å². The maximum absolute atomic E-state index is 5.49. The molecule has 0 bridgehead atoms. The average Bonchev–Trinajstić information content (AvgIpc) is 2.78. The molecule has 1 aromatic carbocycles. The molecule has 5 heteroatoms. The van der Waals surface area contributed by atoms with Crippen LogP contribution in [0.5, 0.6) is 5.75 Å². The van der Waals surface area contributed by atoms with Gasteiger partial charge in [0, 0.05) is 0 Å². The Labute approximate surface area is 104 Å². The van der Waals surface area contributed by atoms with Crippen molar-refractivity contribution in [3.63, 3.8) is 0 Å². The highest BCUT2D eigenvalue weighted by Gasteiger charge is 2.06. The van der Waals surface area contributed by atoms with Crippen LogP contribution in [0.25, 0.3) is 0 Å². The first-order valence-corrected chi connectivity index (χ1v) is 6.38. The molecule has 0 aliphatic rings. The van der Waals surface area contributed by atoms with E-state index in [1.54, 1.807) is 18.9 Å². The molecule has 1 heterocycles. The third-order valence-corrected chi connectivity index (χ3v) is 2.93. The highest BCUT2D eigenvalue weighted by atomic mass is 32.2. The number of methoxy groups -OCH3 is 1. The molecule has 0 saturated heterocycles. The van der Waals surface area contributed by atoms with Crippen LogP contribution in [0.15, 0.2) is 33.9 Å². The number of ether oxygens (including phenoxy) is 1. The molecule has 1 aromatic heterocycles. The van der Waals surface area contributed by atoms with Crippen molar-refractivity contribution in [1.82, 2.24) is 10.2 Å². The average molecular weight is 250 g/mol. The quantitative estimate of drug-likeness (QED) is 0.764. The highest BCUT2D eigenvalue weighted by molar-refractivity contribution is 7.99. The predicted molar refractivity (Wildman–Crippen MR) is 66.5 cm³/mol. The molecule has 2 aromatic rings. The van der Waals surface area contributed by atoms with E-state index in [1.807, 2.05) is 24.3 Å². The minimum absolute atomic E-state index is 0.635. The Morgan fingerprint density at radius 2 is 2.00 bits per heavy atom. The van der Waals surface area contributed by atoms with Crippen LogP contribution < -0.4 is 4.74 Å². The lowest BCUT2D eigenvalue weighted by Crippen LogP contribution is -1.89. The predicted octanol–water partition coefficient (Wildman–Crippen LogP) is 2.78. The normalized spacial score (nSPS) is 10.5. The van der Waals surface area contributed by atoms with E-state index in [-0.39, 0.29) is 0 Å². The molecule has 2 rings (SSSR count). The monoisotopic (exact) mass is 250 g/mol. The van der Waals surface area contributed by atoms with Gasteiger partial charge in [0.05, 0.1) is 13.5 Å². The second-order valence-corrected chi connectivity index (χ2v) is 4.63. The van der Waals surface area contributed by atoms with Gasteiger partial charge in [-0.15, -0.1) is 10.2 Å². The fourth-order valence-electron chi connectivity index (χ4n) is 1.41. The van der Waals surface area contributed by atoms with E-state index < -0.39 is 0 Å². The van der Waals surface area contributed by atoms with Crippen LogP contribution in [-0.4, -0.2) is 23.1 Å². The minimum Gasteiger partial charge on any atom is -0.497 e. The standard InChI is InChI=1S/C12H14N2O2S/c1-3-17-12-14-13-11(16-12)8-9-4-6-10(15-2)7-5-9/h4-7H,3,8H2,1-2H3. The number of rotatable bonds is 5. The van der Waals surface area contributed by atoms with E-state index in [2.05, 4.69) is 17.1 Å². The molecule has 0 spiro atoms. The van der Waals surface area contributed by atoms with Gasteiger partial charge < -0.3 is 9.15 Å². The third-order valence-electron chi connectivity index (χ3n) is 2.23. The van der Waals surface area contributed by atoms with Crippen LogP contribution in [0.1, 0.15) is 18.4 Å². The topological polar surface area (TPSA) is 48.2 Å². The van der Waals surface area contributed by atoms with E-state index in [0.29, 0.717) is 17.5 Å². The van der Waals surface area contributed by atoms with Gasteiger partial charge in [-0.2, -0.15) is 0 Å². The Bertz CT molecular complexity index is 468. The number of benzene rings is 1. The number of nitrogens with zero attached hydrogens (tertiary/aromatic N) is 2. The Morgan fingerprint density at radius 3 is 2.65 bits per heavy atom. The maximum atomic E-state index is 5.49. The first kappa shape index (κ1) is 12.0. The van der Waals surface area contributed by atoms with Crippen molar-refractivity contribution in [2.45, 2.75) is 18.6 Å². The molecule has 4 nitrogen and oxygen atoms in total. The summed E-state index contributed by atoms with van der Waals surface area (Å²) in [5, 5.41) is 8.60. The smallest absolute Gasteiger partial charge is 0.276 e. The molecule has 17 heavy (non-hydrogen) atoms. The van der Waals surface area contributed by atoms with Crippen LogP contribution >= 0.6 is 11.8 Å². The van der Waals surface area contributed by atoms with Gasteiger partial charge in [-0.3, -0.25) is 0 Å². The second-order valence-electron chi connectivity index (χ2n) is 3.42. The number of hydrogen-bond acceptors (Lipinski definition) is 5. The van der Waals surface area contributed by atoms with Gasteiger partial charge in [0.15, 0.2) is 0 Å². The molecule has 0 fully saturated rings. The van der Waals surface area contributed by atoms with Crippen molar-refractivity contribution in [3.8, 4) is 5.75 Å². The van der Waals surface area contributed by atoms with E-state index in [4.69, 9.17) is 9.15 Å². The summed E-state index contributed by atoms with van der Waals surface area (Å²) in [6.45, 7) is 2.05. The summed E-state index contributed by atoms with van der Waals surface area (Å²) in [4.78, 5) is 0. The van der Waals surface area contributed by atoms with E-state index >= 15 is 0 Å². The zero-order valence-electron chi connectivity index (χ0n) is 9.84. The van der Waals surface area contributed by atoms with Crippen LogP contribution in [0, 0.1) is 0 Å². The molecule has 0 aliphatic carbocycles. The summed E-state index contributed by atoms with van der Waals surface area (Å²) in [5.74, 6) is 2.43. The Morgan fingerprint density at radius 1 is 1.24 bits per heavy atom. The molecule has 0 unspecified atom stereocenters. The number of aromatic nitrogens is 2. The zero-order chi connectivity index (χ0) is 12.1. The zero-order valence-corrected chi connectivity index (χ0v) is 10.7. The van der Waals surface area contributed by atoms with Crippen molar-refractivity contribution < 1.29 is 9.15 Å². The molecule has 0 atom stereocenters. The molecule has 0 saturated carbocycles. The van der Waals surface area contributed by atoms with Crippen molar-refractivity contribution in [2.24, 2.45) is 0 Å².